The van der Waals surface area contributed by atoms with Crippen molar-refractivity contribution in [2.24, 2.45) is 5.92 Å². The van der Waals surface area contributed by atoms with Gasteiger partial charge < -0.3 is 22.5 Å². The van der Waals surface area contributed by atoms with Crippen LogP contribution in [0, 0.1) is 5.92 Å². The van der Waals surface area contributed by atoms with Gasteiger partial charge in [-0.3, -0.25) is 4.57 Å². The second-order valence-corrected chi connectivity index (χ2v) is 7.09. The minimum Gasteiger partial charge on any atom is -1.00 e. The first-order chi connectivity index (χ1) is 12.2. The van der Waals surface area contributed by atoms with E-state index in [0.29, 0.717) is 12.0 Å². The van der Waals surface area contributed by atoms with Gasteiger partial charge in [-0.2, -0.15) is 0 Å². The predicted molar refractivity (Wildman–Crippen MR) is 97.1 cm³/mol. The van der Waals surface area contributed by atoms with Gasteiger partial charge >= 0.3 is 0 Å². The molecular formula is C18H31ClN6O. The molecule has 8 heteroatoms. The summed E-state index contributed by atoms with van der Waals surface area (Å²) in [7, 11) is 0. The number of nitrogens with one attached hydrogen (secondary N) is 2. The van der Waals surface area contributed by atoms with Crippen LogP contribution in [-0.4, -0.2) is 32.4 Å². The van der Waals surface area contributed by atoms with Gasteiger partial charge in [0.25, 0.3) is 0 Å². The lowest BCUT2D eigenvalue weighted by Gasteiger charge is -2.13. The molecule has 0 radical (unpaired) electrons. The van der Waals surface area contributed by atoms with Crippen molar-refractivity contribution in [2.45, 2.75) is 78.0 Å². The first kappa shape index (κ1) is 20.8. The van der Waals surface area contributed by atoms with Crippen molar-refractivity contribution in [3.05, 3.63) is 6.33 Å². The number of H-pyrrole nitrogens is 1. The number of anilines is 1. The number of halogens is 1. The second-order valence-electron chi connectivity index (χ2n) is 7.09. The van der Waals surface area contributed by atoms with E-state index in [-0.39, 0.29) is 18.6 Å². The lowest BCUT2D eigenvalue weighted by atomic mass is 10.0. The molecule has 1 aliphatic rings. The van der Waals surface area contributed by atoms with E-state index in [1.807, 2.05) is 10.9 Å². The minimum atomic E-state index is 0. The lowest BCUT2D eigenvalue weighted by Crippen LogP contribution is -3.00. The fraction of sp³-hybridized carbons (Fsp3) is 0.778. The highest BCUT2D eigenvalue weighted by molar-refractivity contribution is 5.81. The number of nitrogens with zero attached hydrogens (tertiary/aromatic N) is 4. The number of hydrogen-bond acceptors (Lipinski definition) is 5. The van der Waals surface area contributed by atoms with Gasteiger partial charge in [-0.15, -0.1) is 0 Å². The third-order valence-electron chi connectivity index (χ3n) is 5.13. The number of aromatic amines is 1. The topological polar surface area (TPSA) is 79.0 Å². The molecule has 0 spiro atoms. The molecule has 1 saturated heterocycles. The largest absolute Gasteiger partial charge is 1.00 e. The summed E-state index contributed by atoms with van der Waals surface area (Å²) in [5, 5.41) is 14.8. The minimum absolute atomic E-state index is 0. The zero-order valence-corrected chi connectivity index (χ0v) is 16.8. The van der Waals surface area contributed by atoms with Gasteiger partial charge in [0, 0.05) is 22.0 Å². The molecule has 0 aliphatic carbocycles. The Kier molecular flexibility index (Phi) is 8.03. The first-order valence-electron chi connectivity index (χ1n) is 9.74. The van der Waals surface area contributed by atoms with Gasteiger partial charge in [0.2, 0.25) is 11.5 Å². The Morgan fingerprint density at radius 1 is 1.23 bits per heavy atom. The second kappa shape index (κ2) is 10.0. The van der Waals surface area contributed by atoms with Crippen molar-refractivity contribution < 1.29 is 22.4 Å². The van der Waals surface area contributed by atoms with Crippen molar-refractivity contribution in [1.82, 2.24) is 19.7 Å². The van der Waals surface area contributed by atoms with E-state index in [2.05, 4.69) is 46.5 Å². The Hall–Kier alpha value is -1.47. The van der Waals surface area contributed by atoms with Crippen molar-refractivity contribution in [2.75, 3.05) is 11.9 Å². The first-order valence-corrected chi connectivity index (χ1v) is 9.74. The van der Waals surface area contributed by atoms with Crippen LogP contribution in [0.25, 0.3) is 11.2 Å². The highest BCUT2D eigenvalue weighted by atomic mass is 35.5. The molecule has 26 heavy (non-hydrogen) atoms. The highest BCUT2D eigenvalue weighted by Gasteiger charge is 2.33. The number of ether oxygens (including phenoxy) is 1. The van der Waals surface area contributed by atoms with Gasteiger partial charge in [0.05, 0.1) is 12.4 Å². The maximum absolute atomic E-state index is 6.18. The average Bonchev–Trinajstić information content (AvgIpc) is 3.21. The van der Waals surface area contributed by atoms with E-state index in [0.717, 1.165) is 42.8 Å². The summed E-state index contributed by atoms with van der Waals surface area (Å²) in [6.07, 6.45) is 10.5. The fourth-order valence-electron chi connectivity index (χ4n) is 3.62. The molecule has 1 aliphatic heterocycles. The normalized spacial score (nSPS) is 22.5. The molecule has 1 fully saturated rings. The van der Waals surface area contributed by atoms with Crippen LogP contribution in [0.4, 0.5) is 5.82 Å². The summed E-state index contributed by atoms with van der Waals surface area (Å²) < 4.78 is 8.21. The Balaban J connectivity index is 0.00000243. The number of aromatic nitrogens is 5. The number of unbranched alkanes of at least 4 members (excludes halogenated alkanes) is 4. The van der Waals surface area contributed by atoms with Crippen LogP contribution >= 0.6 is 0 Å². The van der Waals surface area contributed by atoms with Crippen LogP contribution in [0.1, 0.15) is 71.9 Å². The summed E-state index contributed by atoms with van der Waals surface area (Å²) >= 11 is 0. The molecule has 3 heterocycles. The third-order valence-corrected chi connectivity index (χ3v) is 5.13. The molecule has 3 atom stereocenters. The SMILES string of the molecule is CCCCCCCNc1n[nH+]nc2c1ncn2[C@H]1CC(C)[C@@H](CC)O1.[Cl-]. The van der Waals surface area contributed by atoms with Crippen molar-refractivity contribution >= 4 is 17.0 Å². The Labute approximate surface area is 161 Å². The molecule has 2 aromatic rings. The van der Waals surface area contributed by atoms with Crippen LogP contribution in [0.5, 0.6) is 0 Å². The van der Waals surface area contributed by atoms with E-state index < -0.39 is 0 Å². The van der Waals surface area contributed by atoms with Gasteiger partial charge in [0.1, 0.15) is 6.23 Å². The molecule has 7 nitrogen and oxygen atoms in total. The number of hydrogen-bond donors (Lipinski definition) is 1. The van der Waals surface area contributed by atoms with Gasteiger partial charge in [-0.25, -0.2) is 4.98 Å². The van der Waals surface area contributed by atoms with Crippen molar-refractivity contribution in [1.29, 1.82) is 0 Å². The van der Waals surface area contributed by atoms with Crippen LogP contribution < -0.4 is 22.9 Å². The Morgan fingerprint density at radius 3 is 2.77 bits per heavy atom. The van der Waals surface area contributed by atoms with Gasteiger partial charge in [-0.1, -0.05) is 46.5 Å². The molecule has 0 amide bonds. The van der Waals surface area contributed by atoms with E-state index in [1.54, 1.807) is 0 Å². The quantitative estimate of drug-likeness (QED) is 0.633. The molecule has 2 aromatic heterocycles. The van der Waals surface area contributed by atoms with Crippen LogP contribution in [0.3, 0.4) is 0 Å². The van der Waals surface area contributed by atoms with Gasteiger partial charge in [0.15, 0.2) is 5.52 Å². The average molecular weight is 383 g/mol. The lowest BCUT2D eigenvalue weighted by molar-refractivity contribution is -0.520. The molecule has 0 bridgehead atoms. The number of rotatable bonds is 9. The zero-order chi connectivity index (χ0) is 17.6. The fourth-order valence-corrected chi connectivity index (χ4v) is 3.62. The summed E-state index contributed by atoms with van der Waals surface area (Å²) in [5.41, 5.74) is 1.61. The highest BCUT2D eigenvalue weighted by Crippen LogP contribution is 2.36. The summed E-state index contributed by atoms with van der Waals surface area (Å²) in [5.74, 6) is 1.33. The molecule has 0 saturated carbocycles. The zero-order valence-electron chi connectivity index (χ0n) is 16.0. The van der Waals surface area contributed by atoms with Crippen LogP contribution in [0.15, 0.2) is 6.33 Å². The molecule has 3 rings (SSSR count). The summed E-state index contributed by atoms with van der Waals surface area (Å²) in [6.45, 7) is 7.57. The molecule has 0 aromatic carbocycles. The van der Waals surface area contributed by atoms with Gasteiger partial charge in [-0.05, 0) is 25.2 Å². The maximum Gasteiger partial charge on any atom is 0.236 e. The molecule has 146 valence electrons. The monoisotopic (exact) mass is 382 g/mol. The van der Waals surface area contributed by atoms with E-state index >= 15 is 0 Å². The predicted octanol–water partition coefficient (Wildman–Crippen LogP) is 0.360. The molecule has 1 unspecified atom stereocenters. The Morgan fingerprint density at radius 2 is 2.04 bits per heavy atom. The standard InChI is InChI=1S/C18H30N6O.ClH/c1-4-6-7-8-9-10-19-17-16-18(22-23-21-17)24(12-20-16)15-11-13(3)14(5-2)25-15;/h12-15H,4-11H2,1-3H3,(H,19,21,22);1H/t13?,14-,15-;/m1./s1. The molecular weight excluding hydrogens is 352 g/mol. The van der Waals surface area contributed by atoms with E-state index in [1.165, 1.54) is 25.7 Å². The Bertz CT molecular complexity index is 679. The maximum atomic E-state index is 6.18. The molecule has 2 N–H and O–H groups in total. The summed E-state index contributed by atoms with van der Waals surface area (Å²) in [6, 6.07) is 0. The number of fused-ring (bicyclic) bond motifs is 1. The van der Waals surface area contributed by atoms with E-state index in [4.69, 9.17) is 4.74 Å². The van der Waals surface area contributed by atoms with E-state index in [9.17, 15) is 0 Å². The third kappa shape index (κ3) is 4.62. The van der Waals surface area contributed by atoms with Crippen molar-refractivity contribution in [3.8, 4) is 0 Å². The number of imidazole rings is 1. The smallest absolute Gasteiger partial charge is 0.236 e. The summed E-state index contributed by atoms with van der Waals surface area (Å²) in [4.78, 5) is 4.54. The van der Waals surface area contributed by atoms with Crippen molar-refractivity contribution in [3.63, 3.8) is 0 Å². The van der Waals surface area contributed by atoms with Crippen LogP contribution in [0.2, 0.25) is 0 Å². The van der Waals surface area contributed by atoms with Crippen LogP contribution in [-0.2, 0) is 4.74 Å².